The molecule has 4 rings (SSSR count). The Morgan fingerprint density at radius 1 is 0.938 bits per heavy atom. The van der Waals surface area contributed by atoms with Crippen LogP contribution in [0.2, 0.25) is 0 Å². The number of carbonyl (C=O) groups excluding carboxylic acids is 2. The van der Waals surface area contributed by atoms with Gasteiger partial charge in [-0.05, 0) is 51.3 Å². The van der Waals surface area contributed by atoms with E-state index < -0.39 is 5.63 Å². The average Bonchev–Trinajstić information content (AvgIpc) is 3.05. The van der Waals surface area contributed by atoms with E-state index in [4.69, 9.17) is 13.6 Å². The minimum atomic E-state index is -0.422. The summed E-state index contributed by atoms with van der Waals surface area (Å²) in [6.07, 6.45) is 0.173. The first-order valence-electron chi connectivity index (χ1n) is 11.0. The van der Waals surface area contributed by atoms with Gasteiger partial charge in [-0.25, -0.2) is 9.59 Å². The number of benzene rings is 1. The third-order valence-electron chi connectivity index (χ3n) is 6.33. The second-order valence-corrected chi connectivity index (χ2v) is 8.19. The van der Waals surface area contributed by atoms with Crippen LogP contribution in [-0.2, 0) is 16.0 Å². The molecule has 8 heteroatoms. The van der Waals surface area contributed by atoms with E-state index in [9.17, 15) is 14.4 Å². The molecule has 0 radical (unpaired) electrons. The van der Waals surface area contributed by atoms with Gasteiger partial charge in [-0.1, -0.05) is 0 Å². The van der Waals surface area contributed by atoms with Crippen molar-refractivity contribution < 1.29 is 23.2 Å². The highest BCUT2D eigenvalue weighted by molar-refractivity contribution is 5.96. The summed E-state index contributed by atoms with van der Waals surface area (Å²) in [6.45, 7) is 9.71. The molecule has 0 N–H and O–H groups in total. The van der Waals surface area contributed by atoms with Gasteiger partial charge < -0.3 is 23.4 Å². The van der Waals surface area contributed by atoms with E-state index in [0.717, 1.165) is 27.7 Å². The van der Waals surface area contributed by atoms with Crippen molar-refractivity contribution in [2.45, 2.75) is 40.5 Å². The second kappa shape index (κ2) is 8.68. The fraction of sp³-hybridized carbons (Fsp3) is 0.458. The Kier molecular flexibility index (Phi) is 5.95. The number of aryl methyl sites for hydroxylation is 3. The predicted octanol–water partition coefficient (Wildman–Crippen LogP) is 3.70. The number of piperazine rings is 1. The molecule has 1 aromatic carbocycles. The van der Waals surface area contributed by atoms with E-state index in [-0.39, 0.29) is 18.4 Å². The third kappa shape index (κ3) is 3.97. The number of hydrogen-bond donors (Lipinski definition) is 0. The molecule has 0 spiro atoms. The molecule has 3 aromatic rings. The molecule has 2 amide bonds. The Balaban J connectivity index is 1.49. The van der Waals surface area contributed by atoms with Crippen LogP contribution in [0, 0.1) is 20.8 Å². The summed E-state index contributed by atoms with van der Waals surface area (Å²) in [5.74, 6) is 0.799. The van der Waals surface area contributed by atoms with Crippen LogP contribution >= 0.6 is 0 Å². The van der Waals surface area contributed by atoms with Crippen LogP contribution < -0.4 is 5.63 Å². The van der Waals surface area contributed by atoms with Gasteiger partial charge in [-0.2, -0.15) is 0 Å². The van der Waals surface area contributed by atoms with Gasteiger partial charge in [0.2, 0.25) is 5.91 Å². The molecule has 1 saturated heterocycles. The monoisotopic (exact) mass is 440 g/mol. The van der Waals surface area contributed by atoms with Gasteiger partial charge in [0.25, 0.3) is 0 Å². The van der Waals surface area contributed by atoms with Crippen molar-refractivity contribution in [2.75, 3.05) is 32.8 Å². The van der Waals surface area contributed by atoms with Crippen LogP contribution in [0.4, 0.5) is 4.79 Å². The maximum Gasteiger partial charge on any atom is 0.409 e. The molecular weight excluding hydrogens is 412 g/mol. The summed E-state index contributed by atoms with van der Waals surface area (Å²) < 4.78 is 16.3. The summed E-state index contributed by atoms with van der Waals surface area (Å²) in [4.78, 5) is 40.5. The lowest BCUT2D eigenvalue weighted by molar-refractivity contribution is -0.132. The molecule has 1 aliphatic rings. The highest BCUT2D eigenvalue weighted by Gasteiger charge is 2.25. The van der Waals surface area contributed by atoms with Gasteiger partial charge in [0.1, 0.15) is 16.9 Å². The van der Waals surface area contributed by atoms with E-state index in [1.54, 1.807) is 22.8 Å². The number of ether oxygens (including phenoxy) is 1. The summed E-state index contributed by atoms with van der Waals surface area (Å²) in [6, 6.07) is 3.76. The zero-order valence-corrected chi connectivity index (χ0v) is 18.9. The normalized spacial score (nSPS) is 14.4. The fourth-order valence-corrected chi connectivity index (χ4v) is 4.26. The lowest BCUT2D eigenvalue weighted by Gasteiger charge is -2.34. The third-order valence-corrected chi connectivity index (χ3v) is 6.33. The zero-order valence-electron chi connectivity index (χ0n) is 18.9. The first-order valence-corrected chi connectivity index (χ1v) is 11.0. The second-order valence-electron chi connectivity index (χ2n) is 8.19. The van der Waals surface area contributed by atoms with Gasteiger partial charge in [0.05, 0.1) is 6.61 Å². The van der Waals surface area contributed by atoms with Crippen LogP contribution in [0.1, 0.15) is 35.8 Å². The number of rotatable bonds is 4. The average molecular weight is 440 g/mol. The Morgan fingerprint density at radius 2 is 1.56 bits per heavy atom. The van der Waals surface area contributed by atoms with Crippen LogP contribution in [0.25, 0.3) is 21.9 Å². The Hall–Kier alpha value is -3.29. The van der Waals surface area contributed by atoms with E-state index in [0.29, 0.717) is 55.9 Å². The molecular formula is C24H28N2O6. The predicted molar refractivity (Wildman–Crippen MR) is 120 cm³/mol. The van der Waals surface area contributed by atoms with Crippen LogP contribution in [0.3, 0.4) is 0 Å². The van der Waals surface area contributed by atoms with Gasteiger partial charge >= 0.3 is 11.7 Å². The van der Waals surface area contributed by atoms with Crippen LogP contribution in [-0.4, -0.2) is 54.6 Å². The zero-order chi connectivity index (χ0) is 23.0. The minimum Gasteiger partial charge on any atom is -0.461 e. The van der Waals surface area contributed by atoms with Gasteiger partial charge in [0, 0.05) is 55.0 Å². The molecule has 170 valence electrons. The quantitative estimate of drug-likeness (QED) is 0.575. The molecule has 3 heterocycles. The molecule has 0 saturated carbocycles. The Bertz CT molecular complexity index is 1250. The number of carbonyl (C=O) groups is 2. The molecule has 1 aliphatic heterocycles. The summed E-state index contributed by atoms with van der Waals surface area (Å²) in [5.41, 5.74) is 3.17. The molecule has 0 bridgehead atoms. The van der Waals surface area contributed by atoms with Crippen molar-refractivity contribution in [3.05, 3.63) is 45.0 Å². The highest BCUT2D eigenvalue weighted by Crippen LogP contribution is 2.31. The molecule has 8 nitrogen and oxygen atoms in total. The van der Waals surface area contributed by atoms with Crippen molar-refractivity contribution in [3.63, 3.8) is 0 Å². The summed E-state index contributed by atoms with van der Waals surface area (Å²) in [7, 11) is 0. The highest BCUT2D eigenvalue weighted by atomic mass is 16.6. The van der Waals surface area contributed by atoms with Crippen molar-refractivity contribution in [1.29, 1.82) is 0 Å². The maximum atomic E-state index is 12.7. The summed E-state index contributed by atoms with van der Waals surface area (Å²) >= 11 is 0. The minimum absolute atomic E-state index is 0.0378. The first-order chi connectivity index (χ1) is 15.3. The fourth-order valence-electron chi connectivity index (χ4n) is 4.26. The number of fused-ring (bicyclic) bond motifs is 2. The van der Waals surface area contributed by atoms with Crippen molar-refractivity contribution >= 4 is 33.9 Å². The molecule has 0 aliphatic carbocycles. The van der Waals surface area contributed by atoms with Crippen molar-refractivity contribution in [1.82, 2.24) is 9.80 Å². The SMILES string of the molecule is CCOC(=O)N1CCN(C(=O)CCc2c(C)c3cc4c(C)c(C)oc4cc3oc2=O)CC1. The van der Waals surface area contributed by atoms with E-state index >= 15 is 0 Å². The number of nitrogens with zero attached hydrogens (tertiary/aromatic N) is 2. The van der Waals surface area contributed by atoms with Crippen LogP contribution in [0.5, 0.6) is 0 Å². The number of furan rings is 1. The van der Waals surface area contributed by atoms with E-state index in [2.05, 4.69) is 0 Å². The van der Waals surface area contributed by atoms with E-state index in [1.807, 2.05) is 26.8 Å². The van der Waals surface area contributed by atoms with Gasteiger partial charge in [-0.3, -0.25) is 4.79 Å². The largest absolute Gasteiger partial charge is 0.461 e. The molecule has 2 aromatic heterocycles. The van der Waals surface area contributed by atoms with Gasteiger partial charge in [-0.15, -0.1) is 0 Å². The topological polar surface area (TPSA) is 93.2 Å². The molecule has 0 unspecified atom stereocenters. The Morgan fingerprint density at radius 3 is 2.25 bits per heavy atom. The standard InChI is InChI=1S/C24H28N2O6/c1-5-30-24(29)26-10-8-25(9-11-26)22(27)7-6-17-15(3)19-12-18-14(2)16(4)31-20(18)13-21(19)32-23(17)28/h12-13H,5-11H2,1-4H3. The lowest BCUT2D eigenvalue weighted by Crippen LogP contribution is -2.50. The molecule has 1 fully saturated rings. The summed E-state index contributed by atoms with van der Waals surface area (Å²) in [5, 5.41) is 1.85. The van der Waals surface area contributed by atoms with E-state index in [1.165, 1.54) is 0 Å². The van der Waals surface area contributed by atoms with Gasteiger partial charge in [0.15, 0.2) is 0 Å². The lowest BCUT2D eigenvalue weighted by atomic mass is 10.00. The number of hydrogen-bond acceptors (Lipinski definition) is 6. The Labute approximate surface area is 185 Å². The number of amides is 2. The smallest absolute Gasteiger partial charge is 0.409 e. The maximum absolute atomic E-state index is 12.7. The first kappa shape index (κ1) is 21.9. The van der Waals surface area contributed by atoms with Crippen molar-refractivity contribution in [2.24, 2.45) is 0 Å². The van der Waals surface area contributed by atoms with Crippen molar-refractivity contribution in [3.8, 4) is 0 Å². The molecule has 32 heavy (non-hydrogen) atoms. The molecule has 0 atom stereocenters. The van der Waals surface area contributed by atoms with Crippen LogP contribution in [0.15, 0.2) is 25.8 Å².